The zero-order valence-electron chi connectivity index (χ0n) is 9.96. The minimum absolute atomic E-state index is 0.201. The summed E-state index contributed by atoms with van der Waals surface area (Å²) in [7, 11) is 0. The lowest BCUT2D eigenvalue weighted by Crippen LogP contribution is -2.08. The van der Waals surface area contributed by atoms with Crippen LogP contribution in [0.1, 0.15) is 4.88 Å². The molecular weight excluding hydrogens is 258 g/mol. The fourth-order valence-electron chi connectivity index (χ4n) is 1.71. The number of carbonyl (C=O) groups is 1. The first-order valence-corrected chi connectivity index (χ1v) is 6.66. The number of amides is 1. The Bertz CT molecular complexity index is 695. The molecule has 1 aromatic carbocycles. The van der Waals surface area contributed by atoms with Crippen LogP contribution in [0.5, 0.6) is 0 Å². The van der Waals surface area contributed by atoms with Crippen molar-refractivity contribution in [1.29, 1.82) is 0 Å². The van der Waals surface area contributed by atoms with Gasteiger partial charge in [-0.05, 0) is 29.7 Å². The number of carbonyl (C=O) groups excluding carboxylic acids is 1. The van der Waals surface area contributed by atoms with Gasteiger partial charge >= 0.3 is 0 Å². The largest absolute Gasteiger partial charge is 0.324 e. The van der Waals surface area contributed by atoms with Crippen LogP contribution in [0.3, 0.4) is 0 Å². The van der Waals surface area contributed by atoms with E-state index in [1.54, 1.807) is 17.4 Å². The van der Waals surface area contributed by atoms with Crippen LogP contribution in [-0.4, -0.2) is 15.9 Å². The highest BCUT2D eigenvalue weighted by molar-refractivity contribution is 7.10. The first-order chi connectivity index (χ1) is 9.31. The van der Waals surface area contributed by atoms with Gasteiger partial charge < -0.3 is 4.98 Å². The fraction of sp³-hybridized carbons (Fsp3) is 0. The van der Waals surface area contributed by atoms with Gasteiger partial charge in [-0.2, -0.15) is 0 Å². The summed E-state index contributed by atoms with van der Waals surface area (Å²) < 4.78 is 0. The van der Waals surface area contributed by atoms with Crippen molar-refractivity contribution < 1.29 is 4.79 Å². The summed E-state index contributed by atoms with van der Waals surface area (Å²) >= 11 is 1.58. The van der Waals surface area contributed by atoms with Gasteiger partial charge in [0.05, 0.1) is 11.0 Å². The van der Waals surface area contributed by atoms with Crippen molar-refractivity contribution in [2.75, 3.05) is 5.32 Å². The Morgan fingerprint density at radius 1 is 1.26 bits per heavy atom. The molecule has 1 amide bonds. The topological polar surface area (TPSA) is 57.8 Å². The molecule has 2 N–H and O–H groups in total. The Balaban J connectivity index is 1.72. The van der Waals surface area contributed by atoms with Gasteiger partial charge in [-0.15, -0.1) is 11.3 Å². The Hall–Kier alpha value is -2.40. The third-order valence-electron chi connectivity index (χ3n) is 2.57. The second-order valence-electron chi connectivity index (χ2n) is 3.94. The number of nitrogens with one attached hydrogen (secondary N) is 2. The molecule has 0 saturated carbocycles. The SMILES string of the molecule is O=C(/C=C\c1cccs1)Nc1nc2ccccc2[nH]1. The zero-order chi connectivity index (χ0) is 13.1. The Kier molecular flexibility index (Phi) is 3.12. The Morgan fingerprint density at radius 2 is 2.16 bits per heavy atom. The second-order valence-corrected chi connectivity index (χ2v) is 4.92. The number of hydrogen-bond acceptors (Lipinski definition) is 3. The molecule has 94 valence electrons. The van der Waals surface area contributed by atoms with Crippen molar-refractivity contribution in [3.63, 3.8) is 0 Å². The summed E-state index contributed by atoms with van der Waals surface area (Å²) in [5.41, 5.74) is 1.74. The number of rotatable bonds is 3. The van der Waals surface area contributed by atoms with Gasteiger partial charge in [-0.25, -0.2) is 4.98 Å². The van der Waals surface area contributed by atoms with E-state index >= 15 is 0 Å². The average molecular weight is 269 g/mol. The molecule has 0 bridgehead atoms. The van der Waals surface area contributed by atoms with Crippen LogP contribution in [0.15, 0.2) is 47.9 Å². The molecular formula is C14H11N3OS. The number of para-hydroxylation sites is 2. The summed E-state index contributed by atoms with van der Waals surface area (Å²) in [6.45, 7) is 0. The number of fused-ring (bicyclic) bond motifs is 1. The van der Waals surface area contributed by atoms with Crippen LogP contribution in [0.2, 0.25) is 0 Å². The number of nitrogens with zero attached hydrogens (tertiary/aromatic N) is 1. The van der Waals surface area contributed by atoms with Crippen molar-refractivity contribution in [3.8, 4) is 0 Å². The van der Waals surface area contributed by atoms with Gasteiger partial charge in [0.2, 0.25) is 5.95 Å². The smallest absolute Gasteiger partial charge is 0.250 e. The van der Waals surface area contributed by atoms with Gasteiger partial charge in [0, 0.05) is 11.0 Å². The number of hydrogen-bond donors (Lipinski definition) is 2. The molecule has 0 aliphatic heterocycles. The third kappa shape index (κ3) is 2.71. The maximum Gasteiger partial charge on any atom is 0.250 e. The van der Waals surface area contributed by atoms with Gasteiger partial charge in [0.15, 0.2) is 0 Å². The molecule has 3 aromatic rings. The minimum atomic E-state index is -0.201. The Labute approximate surface area is 113 Å². The van der Waals surface area contributed by atoms with E-state index < -0.39 is 0 Å². The molecule has 2 heterocycles. The van der Waals surface area contributed by atoms with Crippen molar-refractivity contribution in [2.45, 2.75) is 0 Å². The molecule has 19 heavy (non-hydrogen) atoms. The highest BCUT2D eigenvalue weighted by Gasteiger charge is 2.03. The molecule has 0 unspecified atom stereocenters. The predicted molar refractivity (Wildman–Crippen MR) is 78.1 cm³/mol. The summed E-state index contributed by atoms with van der Waals surface area (Å²) in [6.07, 6.45) is 3.28. The third-order valence-corrected chi connectivity index (χ3v) is 3.41. The maximum absolute atomic E-state index is 11.7. The monoisotopic (exact) mass is 269 g/mol. The zero-order valence-corrected chi connectivity index (χ0v) is 10.8. The van der Waals surface area contributed by atoms with Crippen molar-refractivity contribution >= 4 is 40.3 Å². The summed E-state index contributed by atoms with van der Waals surface area (Å²) in [4.78, 5) is 20.1. The summed E-state index contributed by atoms with van der Waals surface area (Å²) in [5.74, 6) is 0.259. The summed E-state index contributed by atoms with van der Waals surface area (Å²) in [5, 5.41) is 4.68. The lowest BCUT2D eigenvalue weighted by Gasteiger charge is -1.95. The van der Waals surface area contributed by atoms with E-state index in [9.17, 15) is 4.79 Å². The molecule has 0 saturated heterocycles. The van der Waals surface area contributed by atoms with Gasteiger partial charge in [-0.3, -0.25) is 10.1 Å². The van der Waals surface area contributed by atoms with E-state index in [-0.39, 0.29) is 5.91 Å². The minimum Gasteiger partial charge on any atom is -0.324 e. The van der Waals surface area contributed by atoms with Crippen LogP contribution < -0.4 is 5.32 Å². The van der Waals surface area contributed by atoms with E-state index in [2.05, 4.69) is 15.3 Å². The molecule has 0 atom stereocenters. The molecule has 5 heteroatoms. The van der Waals surface area contributed by atoms with Crippen LogP contribution in [0.25, 0.3) is 17.1 Å². The van der Waals surface area contributed by atoms with Gasteiger partial charge in [0.25, 0.3) is 5.91 Å². The number of H-pyrrole nitrogens is 1. The molecule has 0 aliphatic carbocycles. The number of thiophene rings is 1. The first kappa shape index (κ1) is 11.7. The summed E-state index contributed by atoms with van der Waals surface area (Å²) in [6, 6.07) is 11.5. The molecule has 0 aliphatic rings. The average Bonchev–Trinajstić information content (AvgIpc) is 3.04. The predicted octanol–water partition coefficient (Wildman–Crippen LogP) is 3.28. The molecule has 3 rings (SSSR count). The van der Waals surface area contributed by atoms with Crippen molar-refractivity contribution in [3.05, 3.63) is 52.7 Å². The standard InChI is InChI=1S/C14H11N3OS/c18-13(8-7-10-4-3-9-19-10)17-14-15-11-5-1-2-6-12(11)16-14/h1-9H,(H2,15,16,17,18)/b8-7-. The van der Waals surface area contributed by atoms with E-state index in [0.29, 0.717) is 5.95 Å². The number of aromatic amines is 1. The molecule has 0 fully saturated rings. The highest BCUT2D eigenvalue weighted by Crippen LogP contribution is 2.14. The van der Waals surface area contributed by atoms with Crippen LogP contribution in [0, 0.1) is 0 Å². The fourth-order valence-corrected chi connectivity index (χ4v) is 2.33. The van der Waals surface area contributed by atoms with E-state index in [4.69, 9.17) is 0 Å². The lowest BCUT2D eigenvalue weighted by molar-refractivity contribution is -0.111. The molecule has 0 radical (unpaired) electrons. The van der Waals surface area contributed by atoms with E-state index in [1.165, 1.54) is 6.08 Å². The number of aromatic nitrogens is 2. The molecule has 0 spiro atoms. The van der Waals surface area contributed by atoms with Crippen molar-refractivity contribution in [2.24, 2.45) is 0 Å². The number of benzene rings is 1. The first-order valence-electron chi connectivity index (χ1n) is 5.78. The number of anilines is 1. The van der Waals surface area contributed by atoms with Crippen LogP contribution in [0.4, 0.5) is 5.95 Å². The second kappa shape index (κ2) is 5.07. The maximum atomic E-state index is 11.7. The van der Waals surface area contributed by atoms with E-state index in [1.807, 2.05) is 41.8 Å². The quantitative estimate of drug-likeness (QED) is 0.717. The van der Waals surface area contributed by atoms with Crippen LogP contribution in [-0.2, 0) is 4.79 Å². The molecule has 2 aromatic heterocycles. The van der Waals surface area contributed by atoms with Crippen molar-refractivity contribution in [1.82, 2.24) is 9.97 Å². The lowest BCUT2D eigenvalue weighted by atomic mass is 10.3. The molecule has 4 nitrogen and oxygen atoms in total. The van der Waals surface area contributed by atoms with Gasteiger partial charge in [0.1, 0.15) is 0 Å². The Morgan fingerprint density at radius 3 is 2.95 bits per heavy atom. The van der Waals surface area contributed by atoms with Crippen LogP contribution >= 0.6 is 11.3 Å². The van der Waals surface area contributed by atoms with E-state index in [0.717, 1.165) is 15.9 Å². The number of imidazole rings is 1. The normalized spacial score (nSPS) is 11.2. The van der Waals surface area contributed by atoms with Gasteiger partial charge in [-0.1, -0.05) is 18.2 Å². The highest BCUT2D eigenvalue weighted by atomic mass is 32.1.